The predicted molar refractivity (Wildman–Crippen MR) is 76.4 cm³/mol. The number of nitrogens with zero attached hydrogens (tertiary/aromatic N) is 2. The van der Waals surface area contributed by atoms with Crippen LogP contribution in [0.25, 0.3) is 0 Å². The number of hydrogen-bond acceptors (Lipinski definition) is 3. The van der Waals surface area contributed by atoms with E-state index in [9.17, 15) is 5.11 Å². The highest BCUT2D eigenvalue weighted by molar-refractivity contribution is 9.10. The van der Waals surface area contributed by atoms with Gasteiger partial charge in [0.15, 0.2) is 0 Å². The Balaban J connectivity index is 2.32. The van der Waals surface area contributed by atoms with Crippen molar-refractivity contribution >= 4 is 50.5 Å². The number of halogens is 3. The van der Waals surface area contributed by atoms with Gasteiger partial charge in [0, 0.05) is 14.5 Å². The lowest BCUT2D eigenvalue weighted by atomic mass is 10.3. The summed E-state index contributed by atoms with van der Waals surface area (Å²) in [7, 11) is 0. The summed E-state index contributed by atoms with van der Waals surface area (Å²) in [6, 6.07) is 9.77. The highest BCUT2D eigenvalue weighted by atomic mass is 79.9. The summed E-state index contributed by atoms with van der Waals surface area (Å²) in [5.74, 6) is 0.0510. The Morgan fingerprint density at radius 1 is 0.944 bits per heavy atom. The molecule has 0 atom stereocenters. The number of azo groups is 1. The van der Waals surface area contributed by atoms with E-state index in [2.05, 4.69) is 26.2 Å². The zero-order chi connectivity index (χ0) is 13.1. The minimum atomic E-state index is 0.0510. The molecule has 2 aromatic rings. The predicted octanol–water partition coefficient (Wildman–Crippen LogP) is 5.88. The molecule has 0 bridgehead atoms. The van der Waals surface area contributed by atoms with Gasteiger partial charge in [0.1, 0.15) is 11.4 Å². The molecule has 0 aliphatic rings. The third-order valence-corrected chi connectivity index (χ3v) is 2.99. The van der Waals surface area contributed by atoms with Gasteiger partial charge < -0.3 is 5.11 Å². The second kappa shape index (κ2) is 5.69. The smallest absolute Gasteiger partial charge is 0.143 e. The average molecular weight is 346 g/mol. The Bertz CT molecular complexity index is 597. The van der Waals surface area contributed by atoms with Crippen molar-refractivity contribution in [1.29, 1.82) is 0 Å². The Kier molecular flexibility index (Phi) is 4.22. The molecule has 0 heterocycles. The molecule has 0 amide bonds. The van der Waals surface area contributed by atoms with Gasteiger partial charge in [-0.3, -0.25) is 0 Å². The molecule has 2 aromatic carbocycles. The van der Waals surface area contributed by atoms with E-state index >= 15 is 0 Å². The topological polar surface area (TPSA) is 45.0 Å². The van der Waals surface area contributed by atoms with E-state index in [1.54, 1.807) is 30.3 Å². The lowest BCUT2D eigenvalue weighted by Crippen LogP contribution is -1.70. The highest BCUT2D eigenvalue weighted by Crippen LogP contribution is 2.32. The zero-order valence-electron chi connectivity index (χ0n) is 8.94. The van der Waals surface area contributed by atoms with Crippen LogP contribution >= 0.6 is 39.1 Å². The van der Waals surface area contributed by atoms with Crippen molar-refractivity contribution in [2.45, 2.75) is 0 Å². The standard InChI is InChI=1S/C12H7BrCl2N2O/c13-7-1-2-12(18)11(3-7)17-16-10-5-8(14)4-9(15)6-10/h1-6,18H. The van der Waals surface area contributed by atoms with Crippen LogP contribution < -0.4 is 0 Å². The Morgan fingerprint density at radius 2 is 1.61 bits per heavy atom. The summed E-state index contributed by atoms with van der Waals surface area (Å²) in [4.78, 5) is 0. The SMILES string of the molecule is Oc1ccc(Br)cc1N=Nc1cc(Cl)cc(Cl)c1. The molecule has 6 heteroatoms. The molecular weight excluding hydrogens is 339 g/mol. The second-order valence-electron chi connectivity index (χ2n) is 3.46. The van der Waals surface area contributed by atoms with Gasteiger partial charge in [-0.2, -0.15) is 5.11 Å². The van der Waals surface area contributed by atoms with E-state index in [1.807, 2.05) is 0 Å². The summed E-state index contributed by atoms with van der Waals surface area (Å²) in [6.07, 6.45) is 0. The fraction of sp³-hybridized carbons (Fsp3) is 0. The number of rotatable bonds is 2. The number of phenols is 1. The van der Waals surface area contributed by atoms with Crippen molar-refractivity contribution in [2.24, 2.45) is 10.2 Å². The van der Waals surface area contributed by atoms with Crippen LogP contribution in [-0.2, 0) is 0 Å². The Hall–Kier alpha value is -1.10. The molecular formula is C12H7BrCl2N2O. The Morgan fingerprint density at radius 3 is 2.28 bits per heavy atom. The molecule has 0 saturated carbocycles. The van der Waals surface area contributed by atoms with Crippen LogP contribution in [0.1, 0.15) is 0 Å². The van der Waals surface area contributed by atoms with Gasteiger partial charge in [0.2, 0.25) is 0 Å². The van der Waals surface area contributed by atoms with Crippen molar-refractivity contribution in [3.05, 3.63) is 50.9 Å². The zero-order valence-corrected chi connectivity index (χ0v) is 12.0. The number of aromatic hydroxyl groups is 1. The van der Waals surface area contributed by atoms with Crippen LogP contribution in [-0.4, -0.2) is 5.11 Å². The first-order valence-corrected chi connectivity index (χ1v) is 6.46. The van der Waals surface area contributed by atoms with Gasteiger partial charge >= 0.3 is 0 Å². The molecule has 0 fully saturated rings. The lowest BCUT2D eigenvalue weighted by Gasteiger charge is -1.99. The molecule has 0 saturated heterocycles. The van der Waals surface area contributed by atoms with Crippen LogP contribution in [0.2, 0.25) is 10.0 Å². The van der Waals surface area contributed by atoms with Crippen molar-refractivity contribution in [3.8, 4) is 5.75 Å². The molecule has 0 aromatic heterocycles. The van der Waals surface area contributed by atoms with Crippen LogP contribution in [0.3, 0.4) is 0 Å². The molecule has 0 aliphatic heterocycles. The summed E-state index contributed by atoms with van der Waals surface area (Å²) < 4.78 is 0.804. The third kappa shape index (κ3) is 3.45. The van der Waals surface area contributed by atoms with Crippen molar-refractivity contribution in [2.75, 3.05) is 0 Å². The molecule has 0 aliphatic carbocycles. The van der Waals surface area contributed by atoms with Crippen LogP contribution in [0.5, 0.6) is 5.75 Å². The molecule has 0 unspecified atom stereocenters. The van der Waals surface area contributed by atoms with E-state index in [0.29, 0.717) is 21.4 Å². The summed E-state index contributed by atoms with van der Waals surface area (Å²) in [5, 5.41) is 18.5. The Labute approximate surface area is 122 Å². The summed E-state index contributed by atoms with van der Waals surface area (Å²) >= 11 is 15.0. The molecule has 92 valence electrons. The van der Waals surface area contributed by atoms with Gasteiger partial charge in [-0.05, 0) is 36.4 Å². The third-order valence-electron chi connectivity index (χ3n) is 2.06. The van der Waals surface area contributed by atoms with Crippen LogP contribution in [0.15, 0.2) is 51.1 Å². The first-order chi connectivity index (χ1) is 8.54. The van der Waals surface area contributed by atoms with E-state index in [-0.39, 0.29) is 5.75 Å². The van der Waals surface area contributed by atoms with Crippen LogP contribution in [0.4, 0.5) is 11.4 Å². The fourth-order valence-corrected chi connectivity index (χ4v) is 2.15. The fourth-order valence-electron chi connectivity index (χ4n) is 1.29. The first-order valence-electron chi connectivity index (χ1n) is 4.91. The monoisotopic (exact) mass is 344 g/mol. The maximum Gasteiger partial charge on any atom is 0.143 e. The number of benzene rings is 2. The molecule has 0 spiro atoms. The maximum atomic E-state index is 9.60. The van der Waals surface area contributed by atoms with E-state index in [4.69, 9.17) is 23.2 Å². The normalized spacial score (nSPS) is 11.1. The van der Waals surface area contributed by atoms with Gasteiger partial charge in [-0.15, -0.1) is 5.11 Å². The van der Waals surface area contributed by atoms with Gasteiger partial charge in [-0.1, -0.05) is 39.1 Å². The highest BCUT2D eigenvalue weighted by Gasteiger charge is 2.01. The first kappa shape index (κ1) is 13.3. The molecule has 3 nitrogen and oxygen atoms in total. The molecule has 18 heavy (non-hydrogen) atoms. The van der Waals surface area contributed by atoms with E-state index in [1.165, 1.54) is 6.07 Å². The minimum Gasteiger partial charge on any atom is -0.506 e. The quantitative estimate of drug-likeness (QED) is 0.679. The molecule has 2 rings (SSSR count). The van der Waals surface area contributed by atoms with Crippen molar-refractivity contribution < 1.29 is 5.11 Å². The largest absolute Gasteiger partial charge is 0.506 e. The van der Waals surface area contributed by atoms with Crippen LogP contribution in [0, 0.1) is 0 Å². The summed E-state index contributed by atoms with van der Waals surface area (Å²) in [6.45, 7) is 0. The van der Waals surface area contributed by atoms with Crippen molar-refractivity contribution in [3.63, 3.8) is 0 Å². The minimum absolute atomic E-state index is 0.0510. The molecule has 1 N–H and O–H groups in total. The van der Waals surface area contributed by atoms with Gasteiger partial charge in [-0.25, -0.2) is 0 Å². The second-order valence-corrected chi connectivity index (χ2v) is 5.25. The number of hydrogen-bond donors (Lipinski definition) is 1. The average Bonchev–Trinajstić information content (AvgIpc) is 2.29. The number of phenolic OH excluding ortho intramolecular Hbond substituents is 1. The summed E-state index contributed by atoms with van der Waals surface area (Å²) in [5.41, 5.74) is 0.882. The lowest BCUT2D eigenvalue weighted by molar-refractivity contribution is 0.476. The maximum absolute atomic E-state index is 9.60. The molecule has 0 radical (unpaired) electrons. The van der Waals surface area contributed by atoms with Gasteiger partial charge in [0.25, 0.3) is 0 Å². The van der Waals surface area contributed by atoms with E-state index in [0.717, 1.165) is 4.47 Å². The van der Waals surface area contributed by atoms with Gasteiger partial charge in [0.05, 0.1) is 5.69 Å². The van der Waals surface area contributed by atoms with E-state index < -0.39 is 0 Å². The van der Waals surface area contributed by atoms with Crippen molar-refractivity contribution in [1.82, 2.24) is 0 Å².